The average Bonchev–Trinajstić information content (AvgIpc) is 2.92. The molecular weight excluding hydrogens is 242 g/mol. The van der Waals surface area contributed by atoms with Gasteiger partial charge in [0.15, 0.2) is 0 Å². The molecule has 0 aliphatic heterocycles. The van der Waals surface area contributed by atoms with Gasteiger partial charge < -0.3 is 11.5 Å². The Bertz CT molecular complexity index is 692. The molecule has 0 atom stereocenters. The van der Waals surface area contributed by atoms with Gasteiger partial charge in [0.1, 0.15) is 11.6 Å². The van der Waals surface area contributed by atoms with Crippen molar-refractivity contribution in [2.45, 2.75) is 0 Å². The summed E-state index contributed by atoms with van der Waals surface area (Å²) in [5.74, 6) is 0.653. The monoisotopic (exact) mass is 253 g/mol. The molecule has 0 spiro atoms. The average molecular weight is 253 g/mol. The van der Waals surface area contributed by atoms with Gasteiger partial charge >= 0.3 is 0 Å². The fourth-order valence-corrected chi connectivity index (χ4v) is 1.90. The van der Waals surface area contributed by atoms with Gasteiger partial charge in [-0.15, -0.1) is 0 Å². The van der Waals surface area contributed by atoms with Gasteiger partial charge in [0, 0.05) is 24.2 Å². The fourth-order valence-electron chi connectivity index (χ4n) is 1.90. The summed E-state index contributed by atoms with van der Waals surface area (Å²) in [7, 11) is 0. The quantitative estimate of drug-likeness (QED) is 0.629. The number of nitrogen functional groups attached to an aromatic ring is 2. The Balaban J connectivity index is 2.29. The molecule has 3 rings (SSSR count). The lowest BCUT2D eigenvalue weighted by Gasteiger charge is -2.10. The summed E-state index contributed by atoms with van der Waals surface area (Å²) in [6.45, 7) is 0. The molecule has 3 aromatic rings. The molecule has 0 fully saturated rings. The van der Waals surface area contributed by atoms with E-state index in [1.807, 2.05) is 6.07 Å². The van der Waals surface area contributed by atoms with Crippen molar-refractivity contribution in [3.05, 3.63) is 36.9 Å². The number of hydrogen-bond donors (Lipinski definition) is 3. The Hall–Kier alpha value is -2.96. The summed E-state index contributed by atoms with van der Waals surface area (Å²) in [6, 6.07) is 3.56. The van der Waals surface area contributed by atoms with Crippen LogP contribution in [0.4, 0.5) is 11.6 Å². The third kappa shape index (κ3) is 1.97. The number of nitrogens with one attached hydrogen (secondary N) is 1. The largest absolute Gasteiger partial charge is 0.384 e. The smallest absolute Gasteiger partial charge is 0.136 e. The lowest BCUT2D eigenvalue weighted by molar-refractivity contribution is 1.09. The van der Waals surface area contributed by atoms with Crippen molar-refractivity contribution in [2.24, 2.45) is 0 Å². The minimum Gasteiger partial charge on any atom is -0.384 e. The van der Waals surface area contributed by atoms with Crippen molar-refractivity contribution >= 4 is 11.6 Å². The SMILES string of the molecule is Nc1cc(-c2ccn[nH]2)c(-c2cnccn2)c(N)n1. The van der Waals surface area contributed by atoms with Crippen LogP contribution in [0, 0.1) is 0 Å². The first-order valence-corrected chi connectivity index (χ1v) is 5.58. The summed E-state index contributed by atoms with van der Waals surface area (Å²) in [4.78, 5) is 12.4. The first-order chi connectivity index (χ1) is 9.25. The Kier molecular flexibility index (Phi) is 2.57. The van der Waals surface area contributed by atoms with Gasteiger partial charge in [-0.25, -0.2) is 4.98 Å². The van der Waals surface area contributed by atoms with Gasteiger partial charge in [-0.1, -0.05) is 0 Å². The van der Waals surface area contributed by atoms with Gasteiger partial charge in [-0.2, -0.15) is 5.10 Å². The Morgan fingerprint density at radius 3 is 2.68 bits per heavy atom. The summed E-state index contributed by atoms with van der Waals surface area (Å²) >= 11 is 0. The van der Waals surface area contributed by atoms with E-state index in [1.54, 1.807) is 30.9 Å². The molecule has 19 heavy (non-hydrogen) atoms. The summed E-state index contributed by atoms with van der Waals surface area (Å²) in [5, 5.41) is 6.81. The molecule has 0 aliphatic carbocycles. The van der Waals surface area contributed by atoms with Crippen molar-refractivity contribution in [2.75, 3.05) is 11.5 Å². The number of rotatable bonds is 2. The van der Waals surface area contributed by atoms with Crippen LogP contribution in [0.1, 0.15) is 0 Å². The van der Waals surface area contributed by atoms with Crippen molar-refractivity contribution in [1.82, 2.24) is 25.1 Å². The van der Waals surface area contributed by atoms with Gasteiger partial charge in [0.05, 0.1) is 23.1 Å². The van der Waals surface area contributed by atoms with Crippen LogP contribution in [-0.4, -0.2) is 25.1 Å². The predicted octanol–water partition coefficient (Wildman–Crippen LogP) is 1.09. The first kappa shape index (κ1) is 11.1. The second kappa shape index (κ2) is 4.37. The number of H-pyrrole nitrogens is 1. The van der Waals surface area contributed by atoms with E-state index in [2.05, 4.69) is 25.1 Å². The maximum Gasteiger partial charge on any atom is 0.136 e. The highest BCUT2D eigenvalue weighted by molar-refractivity contribution is 5.88. The van der Waals surface area contributed by atoms with Crippen LogP contribution < -0.4 is 11.5 Å². The van der Waals surface area contributed by atoms with Crippen molar-refractivity contribution < 1.29 is 0 Å². The molecule has 0 aromatic carbocycles. The third-order valence-electron chi connectivity index (χ3n) is 2.68. The van der Waals surface area contributed by atoms with Crippen LogP contribution in [0.5, 0.6) is 0 Å². The molecular formula is C12H11N7. The normalized spacial score (nSPS) is 10.5. The van der Waals surface area contributed by atoms with Crippen LogP contribution in [0.3, 0.4) is 0 Å². The van der Waals surface area contributed by atoms with Crippen LogP contribution in [0.25, 0.3) is 22.5 Å². The number of nitrogens with two attached hydrogens (primary N) is 2. The van der Waals surface area contributed by atoms with Crippen LogP contribution in [0.15, 0.2) is 36.9 Å². The highest BCUT2D eigenvalue weighted by Gasteiger charge is 2.15. The van der Waals surface area contributed by atoms with Crippen LogP contribution in [0.2, 0.25) is 0 Å². The second-order valence-electron chi connectivity index (χ2n) is 3.92. The van der Waals surface area contributed by atoms with E-state index in [1.165, 1.54) is 0 Å². The van der Waals surface area contributed by atoms with Gasteiger partial charge in [-0.05, 0) is 12.1 Å². The maximum absolute atomic E-state index is 5.97. The van der Waals surface area contributed by atoms with Crippen LogP contribution >= 0.6 is 0 Å². The molecule has 0 unspecified atom stereocenters. The zero-order chi connectivity index (χ0) is 13.2. The first-order valence-electron chi connectivity index (χ1n) is 5.58. The fraction of sp³-hybridized carbons (Fsp3) is 0. The summed E-state index contributed by atoms with van der Waals surface area (Å²) in [5.41, 5.74) is 14.6. The van der Waals surface area contributed by atoms with Gasteiger partial charge in [0.25, 0.3) is 0 Å². The van der Waals surface area contributed by atoms with E-state index in [4.69, 9.17) is 11.5 Å². The minimum atomic E-state index is 0.310. The van der Waals surface area contributed by atoms with E-state index in [-0.39, 0.29) is 0 Å². The zero-order valence-electron chi connectivity index (χ0n) is 9.91. The number of aromatic nitrogens is 5. The predicted molar refractivity (Wildman–Crippen MR) is 71.7 cm³/mol. The van der Waals surface area contributed by atoms with E-state index >= 15 is 0 Å². The molecule has 0 radical (unpaired) electrons. The zero-order valence-corrected chi connectivity index (χ0v) is 9.91. The molecule has 0 aliphatic rings. The van der Waals surface area contributed by atoms with Crippen molar-refractivity contribution in [1.29, 1.82) is 0 Å². The molecule has 0 saturated carbocycles. The van der Waals surface area contributed by atoms with Crippen LogP contribution in [-0.2, 0) is 0 Å². The number of aromatic amines is 1. The molecule has 7 heteroatoms. The summed E-state index contributed by atoms with van der Waals surface area (Å²) in [6.07, 6.45) is 6.48. The summed E-state index contributed by atoms with van der Waals surface area (Å²) < 4.78 is 0. The second-order valence-corrected chi connectivity index (χ2v) is 3.92. The van der Waals surface area contributed by atoms with E-state index in [0.717, 1.165) is 11.3 Å². The number of anilines is 2. The molecule has 5 N–H and O–H groups in total. The van der Waals surface area contributed by atoms with E-state index < -0.39 is 0 Å². The maximum atomic E-state index is 5.97. The Morgan fingerprint density at radius 2 is 2.00 bits per heavy atom. The van der Waals surface area contributed by atoms with Gasteiger partial charge in [-0.3, -0.25) is 15.1 Å². The van der Waals surface area contributed by atoms with E-state index in [0.29, 0.717) is 22.9 Å². The standard InChI is InChI=1S/C12H11N7/c13-10-5-7(8-1-2-17-19-8)11(12(14)18-10)9-6-15-3-4-16-9/h1-6H,(H,17,19)(H4,13,14,18). The third-order valence-corrected chi connectivity index (χ3v) is 2.68. The molecule has 0 bridgehead atoms. The number of hydrogen-bond acceptors (Lipinski definition) is 6. The number of nitrogens with zero attached hydrogens (tertiary/aromatic N) is 4. The van der Waals surface area contributed by atoms with Gasteiger partial charge in [0.2, 0.25) is 0 Å². The van der Waals surface area contributed by atoms with E-state index in [9.17, 15) is 0 Å². The highest BCUT2D eigenvalue weighted by atomic mass is 15.1. The molecule has 7 nitrogen and oxygen atoms in total. The Morgan fingerprint density at radius 1 is 1.11 bits per heavy atom. The Labute approximate surface area is 108 Å². The molecule has 3 aromatic heterocycles. The molecule has 3 heterocycles. The topological polar surface area (TPSA) is 119 Å². The minimum absolute atomic E-state index is 0.310. The lowest BCUT2D eigenvalue weighted by Crippen LogP contribution is -2.02. The molecule has 94 valence electrons. The lowest BCUT2D eigenvalue weighted by atomic mass is 10.0. The highest BCUT2D eigenvalue weighted by Crippen LogP contribution is 2.34. The van der Waals surface area contributed by atoms with Crippen molar-refractivity contribution in [3.8, 4) is 22.5 Å². The molecule has 0 amide bonds. The van der Waals surface area contributed by atoms with Crippen molar-refractivity contribution in [3.63, 3.8) is 0 Å². The molecule has 0 saturated heterocycles. The number of pyridine rings is 1.